The van der Waals surface area contributed by atoms with Gasteiger partial charge in [0.1, 0.15) is 0 Å². The van der Waals surface area contributed by atoms with Crippen molar-refractivity contribution in [2.75, 3.05) is 10.6 Å². The molecule has 1 heterocycles. The second kappa shape index (κ2) is 6.99. The summed E-state index contributed by atoms with van der Waals surface area (Å²) in [6, 6.07) is 12.3. The lowest BCUT2D eigenvalue weighted by Gasteiger charge is -2.13. The molecule has 0 saturated carbocycles. The number of anilines is 2. The molecule has 5 nitrogen and oxygen atoms in total. The van der Waals surface area contributed by atoms with Gasteiger partial charge in [0.15, 0.2) is 0 Å². The highest BCUT2D eigenvalue weighted by molar-refractivity contribution is 6.32. The molecule has 1 aliphatic heterocycles. The normalized spacial score (nSPS) is 14.7. The number of allylic oxidation sites excluding steroid dienone is 1. The van der Waals surface area contributed by atoms with Gasteiger partial charge in [-0.25, -0.2) is 0 Å². The molecule has 25 heavy (non-hydrogen) atoms. The van der Waals surface area contributed by atoms with Crippen LogP contribution in [0.15, 0.2) is 48.2 Å². The third-order valence-corrected chi connectivity index (χ3v) is 4.24. The summed E-state index contributed by atoms with van der Waals surface area (Å²) in [5.74, 6) is -0.718. The number of nitrogens with one attached hydrogen (secondary N) is 2. The lowest BCUT2D eigenvalue weighted by Crippen LogP contribution is -2.11. The van der Waals surface area contributed by atoms with Crippen LogP contribution in [0.25, 0.3) is 5.57 Å². The molecule has 0 aliphatic carbocycles. The van der Waals surface area contributed by atoms with Crippen molar-refractivity contribution in [2.45, 2.75) is 19.8 Å². The summed E-state index contributed by atoms with van der Waals surface area (Å²) in [5, 5.41) is 6.79. The number of carbonyl (C=O) groups excluding carboxylic acids is 2. The van der Waals surface area contributed by atoms with Crippen LogP contribution in [0.5, 0.6) is 0 Å². The van der Waals surface area contributed by atoms with Gasteiger partial charge in [0, 0.05) is 33.2 Å². The van der Waals surface area contributed by atoms with Crippen LogP contribution in [-0.4, -0.2) is 11.8 Å². The van der Waals surface area contributed by atoms with E-state index >= 15 is 0 Å². The number of hydrogen-bond acceptors (Lipinski definition) is 3. The molecule has 0 saturated heterocycles. The van der Waals surface area contributed by atoms with Gasteiger partial charge in [-0.3, -0.25) is 9.59 Å². The topological polar surface area (TPSA) is 84.2 Å². The van der Waals surface area contributed by atoms with Crippen LogP contribution >= 0.6 is 11.6 Å². The van der Waals surface area contributed by atoms with Crippen molar-refractivity contribution in [1.29, 1.82) is 0 Å². The maximum atomic E-state index is 12.5. The monoisotopic (exact) mass is 355 g/mol. The van der Waals surface area contributed by atoms with E-state index in [-0.39, 0.29) is 5.91 Å². The van der Waals surface area contributed by atoms with Crippen molar-refractivity contribution in [2.24, 2.45) is 5.73 Å². The number of carbonyl (C=O) groups is 2. The van der Waals surface area contributed by atoms with Gasteiger partial charge in [-0.2, -0.15) is 0 Å². The van der Waals surface area contributed by atoms with Gasteiger partial charge in [0.05, 0.1) is 5.57 Å². The summed E-state index contributed by atoms with van der Waals surface area (Å²) in [7, 11) is 0. The van der Waals surface area contributed by atoms with E-state index in [9.17, 15) is 9.59 Å². The lowest BCUT2D eigenvalue weighted by atomic mass is 10.0. The molecular formula is C19H18ClN3O2. The molecule has 0 unspecified atom stereocenters. The van der Waals surface area contributed by atoms with Gasteiger partial charge in [-0.15, -0.1) is 0 Å². The number of amides is 2. The van der Waals surface area contributed by atoms with Crippen molar-refractivity contribution in [3.05, 3.63) is 64.3 Å². The Morgan fingerprint density at radius 3 is 2.56 bits per heavy atom. The van der Waals surface area contributed by atoms with Crippen LogP contribution in [0.3, 0.4) is 0 Å². The Morgan fingerprint density at radius 1 is 1.20 bits per heavy atom. The molecule has 2 aromatic rings. The van der Waals surface area contributed by atoms with Crippen molar-refractivity contribution in [3.63, 3.8) is 0 Å². The summed E-state index contributed by atoms with van der Waals surface area (Å²) < 4.78 is 0. The Kier molecular flexibility index (Phi) is 4.76. The molecule has 2 amide bonds. The van der Waals surface area contributed by atoms with Gasteiger partial charge in [-0.05, 0) is 42.8 Å². The van der Waals surface area contributed by atoms with Crippen molar-refractivity contribution >= 4 is 40.4 Å². The summed E-state index contributed by atoms with van der Waals surface area (Å²) in [6.07, 6.45) is 1.59. The number of hydrogen-bond donors (Lipinski definition) is 3. The lowest BCUT2D eigenvalue weighted by molar-refractivity contribution is -0.110. The van der Waals surface area contributed by atoms with E-state index in [2.05, 4.69) is 10.6 Å². The number of primary amides is 1. The zero-order valence-corrected chi connectivity index (χ0v) is 14.5. The second-order valence-electron chi connectivity index (χ2n) is 5.81. The predicted octanol–water partition coefficient (Wildman–Crippen LogP) is 4.01. The SMILES string of the molecule is CCC/C(Nc1ccc(Cl)cc1)=C1/C(=O)Nc2cc(C(N)=O)ccc21. The highest BCUT2D eigenvalue weighted by Crippen LogP contribution is 2.36. The fourth-order valence-corrected chi connectivity index (χ4v) is 2.96. The molecule has 6 heteroatoms. The van der Waals surface area contributed by atoms with Crippen LogP contribution in [0.4, 0.5) is 11.4 Å². The first-order valence-corrected chi connectivity index (χ1v) is 8.38. The quantitative estimate of drug-likeness (QED) is 0.708. The fraction of sp³-hybridized carbons (Fsp3) is 0.158. The van der Waals surface area contributed by atoms with Crippen LogP contribution in [-0.2, 0) is 4.79 Å². The van der Waals surface area contributed by atoms with E-state index in [1.807, 2.05) is 19.1 Å². The summed E-state index contributed by atoms with van der Waals surface area (Å²) in [4.78, 5) is 23.9. The first-order chi connectivity index (χ1) is 12.0. The number of benzene rings is 2. The average molecular weight is 356 g/mol. The van der Waals surface area contributed by atoms with Gasteiger partial charge < -0.3 is 16.4 Å². The number of fused-ring (bicyclic) bond motifs is 1. The van der Waals surface area contributed by atoms with Crippen LogP contribution in [0, 0.1) is 0 Å². The van der Waals surface area contributed by atoms with E-state index in [1.165, 1.54) is 0 Å². The Labute approximate surface area is 150 Å². The average Bonchev–Trinajstić information content (AvgIpc) is 2.91. The Bertz CT molecular complexity index is 873. The highest BCUT2D eigenvalue weighted by atomic mass is 35.5. The van der Waals surface area contributed by atoms with Crippen LogP contribution in [0.1, 0.15) is 35.7 Å². The zero-order valence-electron chi connectivity index (χ0n) is 13.7. The van der Waals surface area contributed by atoms with Crippen LogP contribution in [0.2, 0.25) is 5.02 Å². The van der Waals surface area contributed by atoms with E-state index in [1.54, 1.807) is 30.3 Å². The Balaban J connectivity index is 2.04. The van der Waals surface area contributed by atoms with E-state index < -0.39 is 5.91 Å². The van der Waals surface area contributed by atoms with Gasteiger partial charge in [-0.1, -0.05) is 31.0 Å². The molecule has 4 N–H and O–H groups in total. The first kappa shape index (κ1) is 17.0. The molecule has 2 aromatic carbocycles. The summed E-state index contributed by atoms with van der Waals surface area (Å²) in [5.41, 5.74) is 9.31. The molecule has 0 spiro atoms. The summed E-state index contributed by atoms with van der Waals surface area (Å²) in [6.45, 7) is 2.05. The van der Waals surface area contributed by atoms with Crippen LogP contribution < -0.4 is 16.4 Å². The number of halogens is 1. The fourth-order valence-electron chi connectivity index (χ4n) is 2.83. The van der Waals surface area contributed by atoms with E-state index in [0.717, 1.165) is 23.4 Å². The Hall–Kier alpha value is -2.79. The molecule has 0 radical (unpaired) electrons. The molecule has 0 atom stereocenters. The largest absolute Gasteiger partial charge is 0.366 e. The Morgan fingerprint density at radius 2 is 1.92 bits per heavy atom. The molecule has 0 bridgehead atoms. The zero-order chi connectivity index (χ0) is 18.0. The molecule has 0 fully saturated rings. The maximum Gasteiger partial charge on any atom is 0.258 e. The van der Waals surface area contributed by atoms with Crippen molar-refractivity contribution in [3.8, 4) is 0 Å². The smallest absolute Gasteiger partial charge is 0.258 e. The van der Waals surface area contributed by atoms with Crippen molar-refractivity contribution in [1.82, 2.24) is 0 Å². The minimum atomic E-state index is -0.525. The standard InChI is InChI=1S/C19H18ClN3O2/c1-2-3-15(22-13-7-5-12(20)6-8-13)17-14-9-4-11(18(21)24)10-16(14)23-19(17)25/h4-10,22H,2-3H2,1H3,(H2,21,24)(H,23,25)/b17-15-. The third-order valence-electron chi connectivity index (χ3n) is 3.99. The molecular weight excluding hydrogens is 338 g/mol. The first-order valence-electron chi connectivity index (χ1n) is 8.01. The van der Waals surface area contributed by atoms with Gasteiger partial charge >= 0.3 is 0 Å². The summed E-state index contributed by atoms with van der Waals surface area (Å²) >= 11 is 5.93. The minimum absolute atomic E-state index is 0.193. The van der Waals surface area contributed by atoms with E-state index in [4.69, 9.17) is 17.3 Å². The van der Waals surface area contributed by atoms with Gasteiger partial charge in [0.25, 0.3) is 5.91 Å². The highest BCUT2D eigenvalue weighted by Gasteiger charge is 2.28. The minimum Gasteiger partial charge on any atom is -0.366 e. The third kappa shape index (κ3) is 3.51. The predicted molar refractivity (Wildman–Crippen MR) is 100 cm³/mol. The molecule has 1 aliphatic rings. The van der Waals surface area contributed by atoms with Gasteiger partial charge in [0.2, 0.25) is 5.91 Å². The molecule has 0 aromatic heterocycles. The second-order valence-corrected chi connectivity index (χ2v) is 6.25. The number of rotatable bonds is 5. The van der Waals surface area contributed by atoms with Crippen molar-refractivity contribution < 1.29 is 9.59 Å². The maximum absolute atomic E-state index is 12.5. The van der Waals surface area contributed by atoms with E-state index in [0.29, 0.717) is 28.3 Å². The molecule has 128 valence electrons. The molecule has 3 rings (SSSR count). The number of nitrogens with two attached hydrogens (primary N) is 1.